The molecule has 0 fully saturated rings. The molecule has 4 rings (SSSR count). The molecule has 1 amide bonds. The van der Waals surface area contributed by atoms with E-state index in [4.69, 9.17) is 9.47 Å². The van der Waals surface area contributed by atoms with Crippen LogP contribution in [0.25, 0.3) is 15.2 Å². The molecule has 3 heterocycles. The molecule has 0 saturated heterocycles. The standard InChI is InChI=1S/C17H14N4O4S2/c1-24-11-2-3-12-13(7-11)27-16(19-12)20-14(22)9-25-15(23)6-10-8-21-4-5-26-17(21)18-10/h2-5,7-8H,6,9H2,1H3,(H,19,20,22). The van der Waals surface area contributed by atoms with Crippen LogP contribution < -0.4 is 10.1 Å². The Morgan fingerprint density at radius 2 is 2.19 bits per heavy atom. The molecule has 4 aromatic rings. The van der Waals surface area contributed by atoms with E-state index in [1.807, 2.05) is 28.1 Å². The van der Waals surface area contributed by atoms with Gasteiger partial charge in [0.05, 0.1) is 29.4 Å². The van der Waals surface area contributed by atoms with Crippen LogP contribution in [0.5, 0.6) is 5.75 Å². The minimum absolute atomic E-state index is 0.0165. The van der Waals surface area contributed by atoms with Crippen LogP contribution in [-0.2, 0) is 20.7 Å². The second kappa shape index (κ2) is 7.33. The zero-order chi connectivity index (χ0) is 18.8. The number of rotatable bonds is 6. The zero-order valence-corrected chi connectivity index (χ0v) is 15.8. The van der Waals surface area contributed by atoms with E-state index in [2.05, 4.69) is 15.3 Å². The molecule has 0 aliphatic heterocycles. The van der Waals surface area contributed by atoms with Gasteiger partial charge < -0.3 is 9.47 Å². The number of imidazole rings is 1. The van der Waals surface area contributed by atoms with Gasteiger partial charge in [0, 0.05) is 17.8 Å². The number of thiazole rings is 2. The third kappa shape index (κ3) is 3.91. The molecule has 1 aromatic carbocycles. The number of hydrogen-bond donors (Lipinski definition) is 1. The normalized spacial score (nSPS) is 11.0. The lowest BCUT2D eigenvalue weighted by atomic mass is 10.3. The lowest BCUT2D eigenvalue weighted by Gasteiger charge is -2.03. The Balaban J connectivity index is 1.31. The minimum Gasteiger partial charge on any atom is -0.497 e. The topological polar surface area (TPSA) is 94.8 Å². The van der Waals surface area contributed by atoms with Gasteiger partial charge in [0.2, 0.25) is 0 Å². The van der Waals surface area contributed by atoms with Crippen LogP contribution in [-0.4, -0.2) is 40.0 Å². The Morgan fingerprint density at radius 1 is 1.30 bits per heavy atom. The van der Waals surface area contributed by atoms with Crippen molar-refractivity contribution in [3.63, 3.8) is 0 Å². The summed E-state index contributed by atoms with van der Waals surface area (Å²) < 4.78 is 12.9. The van der Waals surface area contributed by atoms with Crippen LogP contribution in [0.1, 0.15) is 5.69 Å². The third-order valence-electron chi connectivity index (χ3n) is 3.67. The molecule has 0 unspecified atom stereocenters. The Hall–Kier alpha value is -2.98. The van der Waals surface area contributed by atoms with Gasteiger partial charge in [0.25, 0.3) is 5.91 Å². The first-order chi connectivity index (χ1) is 13.1. The molecule has 0 saturated carbocycles. The SMILES string of the molecule is COc1ccc2nc(NC(=O)COC(=O)Cc3cn4ccsc4n3)sc2c1. The van der Waals surface area contributed by atoms with Crippen LogP contribution >= 0.6 is 22.7 Å². The molecule has 3 aromatic heterocycles. The van der Waals surface area contributed by atoms with Crippen molar-refractivity contribution in [2.45, 2.75) is 6.42 Å². The molecule has 0 bridgehead atoms. The average molecular weight is 402 g/mol. The van der Waals surface area contributed by atoms with Gasteiger partial charge >= 0.3 is 5.97 Å². The molecule has 8 nitrogen and oxygen atoms in total. The summed E-state index contributed by atoms with van der Waals surface area (Å²) in [5, 5.41) is 4.99. The molecule has 0 aliphatic carbocycles. The van der Waals surface area contributed by atoms with E-state index in [-0.39, 0.29) is 13.0 Å². The van der Waals surface area contributed by atoms with Gasteiger partial charge in [-0.2, -0.15) is 0 Å². The maximum atomic E-state index is 12.0. The number of ether oxygens (including phenoxy) is 2. The lowest BCUT2D eigenvalue weighted by Crippen LogP contribution is -2.21. The number of aromatic nitrogens is 3. The van der Waals surface area contributed by atoms with E-state index in [9.17, 15) is 9.59 Å². The lowest BCUT2D eigenvalue weighted by molar-refractivity contribution is -0.146. The molecule has 1 N–H and O–H groups in total. The molecular weight excluding hydrogens is 388 g/mol. The zero-order valence-electron chi connectivity index (χ0n) is 14.2. The van der Waals surface area contributed by atoms with Gasteiger partial charge in [0.15, 0.2) is 16.7 Å². The van der Waals surface area contributed by atoms with Gasteiger partial charge in [-0.05, 0) is 18.2 Å². The molecule has 27 heavy (non-hydrogen) atoms. The maximum Gasteiger partial charge on any atom is 0.312 e. The first kappa shape index (κ1) is 17.4. The van der Waals surface area contributed by atoms with Crippen LogP contribution in [0, 0.1) is 0 Å². The largest absolute Gasteiger partial charge is 0.497 e. The van der Waals surface area contributed by atoms with E-state index >= 15 is 0 Å². The van der Waals surface area contributed by atoms with Crippen molar-refractivity contribution >= 4 is 54.9 Å². The number of fused-ring (bicyclic) bond motifs is 2. The fraction of sp³-hybridized carbons (Fsp3) is 0.176. The summed E-state index contributed by atoms with van der Waals surface area (Å²) in [5.41, 5.74) is 1.36. The van der Waals surface area contributed by atoms with E-state index < -0.39 is 11.9 Å². The number of carbonyl (C=O) groups is 2. The van der Waals surface area contributed by atoms with E-state index in [1.165, 1.54) is 22.7 Å². The van der Waals surface area contributed by atoms with Gasteiger partial charge in [-0.25, -0.2) is 9.97 Å². The summed E-state index contributed by atoms with van der Waals surface area (Å²) >= 11 is 2.80. The monoisotopic (exact) mass is 402 g/mol. The number of anilines is 1. The summed E-state index contributed by atoms with van der Waals surface area (Å²) in [6.07, 6.45) is 3.65. The maximum absolute atomic E-state index is 12.0. The van der Waals surface area contributed by atoms with Gasteiger partial charge in [0.1, 0.15) is 5.75 Å². The van der Waals surface area contributed by atoms with Gasteiger partial charge in [-0.3, -0.25) is 19.3 Å². The summed E-state index contributed by atoms with van der Waals surface area (Å²) in [4.78, 5) is 33.3. The number of carbonyl (C=O) groups excluding carboxylic acids is 2. The molecule has 0 atom stereocenters. The minimum atomic E-state index is -0.509. The van der Waals surface area contributed by atoms with Gasteiger partial charge in [-0.15, -0.1) is 11.3 Å². The van der Waals surface area contributed by atoms with E-state index in [0.717, 1.165) is 20.9 Å². The quantitative estimate of drug-likeness (QED) is 0.498. The van der Waals surface area contributed by atoms with Crippen molar-refractivity contribution in [3.05, 3.63) is 41.7 Å². The predicted molar refractivity (Wildman–Crippen MR) is 103 cm³/mol. The molecule has 10 heteroatoms. The Morgan fingerprint density at radius 3 is 3.00 bits per heavy atom. The van der Waals surface area contributed by atoms with Crippen LogP contribution in [0.3, 0.4) is 0 Å². The van der Waals surface area contributed by atoms with Crippen molar-refractivity contribution < 1.29 is 19.1 Å². The number of nitrogens with zero attached hydrogens (tertiary/aromatic N) is 3. The van der Waals surface area contributed by atoms with Crippen LogP contribution in [0.2, 0.25) is 0 Å². The number of benzene rings is 1. The van der Waals surface area contributed by atoms with Crippen LogP contribution in [0.15, 0.2) is 36.0 Å². The van der Waals surface area contributed by atoms with Crippen molar-refractivity contribution in [2.75, 3.05) is 19.0 Å². The Bertz CT molecular complexity index is 1100. The highest BCUT2D eigenvalue weighted by Crippen LogP contribution is 2.29. The first-order valence-electron chi connectivity index (χ1n) is 7.92. The Kier molecular flexibility index (Phi) is 4.73. The highest BCUT2D eigenvalue weighted by atomic mass is 32.1. The van der Waals surface area contributed by atoms with Crippen molar-refractivity contribution in [3.8, 4) is 5.75 Å². The fourth-order valence-electron chi connectivity index (χ4n) is 2.45. The van der Waals surface area contributed by atoms with Gasteiger partial charge in [-0.1, -0.05) is 11.3 Å². The number of nitrogens with one attached hydrogen (secondary N) is 1. The fourth-order valence-corrected chi connectivity index (χ4v) is 4.08. The second-order valence-corrected chi connectivity index (χ2v) is 7.47. The summed E-state index contributed by atoms with van der Waals surface area (Å²) in [7, 11) is 1.59. The highest BCUT2D eigenvalue weighted by molar-refractivity contribution is 7.22. The summed E-state index contributed by atoms with van der Waals surface area (Å²) in [6.45, 7) is -0.375. The third-order valence-corrected chi connectivity index (χ3v) is 5.38. The molecule has 138 valence electrons. The summed E-state index contributed by atoms with van der Waals surface area (Å²) in [6, 6.07) is 5.46. The molecule has 0 spiro atoms. The van der Waals surface area contributed by atoms with Crippen LogP contribution in [0.4, 0.5) is 5.13 Å². The predicted octanol–water partition coefficient (Wildman–Crippen LogP) is 2.74. The molecule has 0 radical (unpaired) electrons. The second-order valence-electron chi connectivity index (χ2n) is 5.56. The van der Waals surface area contributed by atoms with Crippen molar-refractivity contribution in [1.82, 2.24) is 14.4 Å². The number of amides is 1. The number of hydrogen-bond acceptors (Lipinski definition) is 8. The summed E-state index contributed by atoms with van der Waals surface area (Å²) in [5.74, 6) is -0.234. The number of methoxy groups -OCH3 is 1. The van der Waals surface area contributed by atoms with E-state index in [0.29, 0.717) is 10.8 Å². The molecular formula is C17H14N4O4S2. The van der Waals surface area contributed by atoms with E-state index in [1.54, 1.807) is 19.4 Å². The van der Waals surface area contributed by atoms with Crippen molar-refractivity contribution in [1.29, 1.82) is 0 Å². The highest BCUT2D eigenvalue weighted by Gasteiger charge is 2.13. The Labute approximate surface area is 161 Å². The molecule has 0 aliphatic rings. The van der Waals surface area contributed by atoms with Crippen molar-refractivity contribution in [2.24, 2.45) is 0 Å². The first-order valence-corrected chi connectivity index (χ1v) is 9.61. The average Bonchev–Trinajstić information content (AvgIpc) is 3.33. The number of esters is 1. The smallest absolute Gasteiger partial charge is 0.312 e.